The predicted molar refractivity (Wildman–Crippen MR) is 142 cm³/mol. The molecule has 8 nitrogen and oxygen atoms in total. The summed E-state index contributed by atoms with van der Waals surface area (Å²) in [6, 6.07) is 2.83. The first-order chi connectivity index (χ1) is 16.1. The van der Waals surface area contributed by atoms with Gasteiger partial charge in [0.2, 0.25) is 10.0 Å². The average Bonchev–Trinajstić information content (AvgIpc) is 3.32. The summed E-state index contributed by atoms with van der Waals surface area (Å²) >= 11 is 0. The average molecular weight is 517 g/mol. The standard InChI is InChI=1S/C25H36N4O4SSi/c1-19(2)17-34(31,32)29-16-23(20-13-27-28(15-20)18-33-10-11-35(5,6)7)22-12-21(26-14-24(22)29)8-9-25(3,4)30/h12-16,19,30H,10-11,17-18H2,1-7H3. The van der Waals surface area contributed by atoms with Crippen molar-refractivity contribution in [3.05, 3.63) is 36.5 Å². The topological polar surface area (TPSA) is 99.2 Å². The molecule has 0 aliphatic rings. The molecule has 0 saturated heterocycles. The van der Waals surface area contributed by atoms with Crippen LogP contribution in [0.15, 0.2) is 30.9 Å². The van der Waals surface area contributed by atoms with E-state index in [-0.39, 0.29) is 11.7 Å². The van der Waals surface area contributed by atoms with Gasteiger partial charge in [-0.3, -0.25) is 0 Å². The maximum Gasteiger partial charge on any atom is 0.239 e. The number of rotatable bonds is 9. The number of aliphatic hydroxyl groups is 1. The van der Waals surface area contributed by atoms with Crippen LogP contribution in [-0.2, 0) is 21.5 Å². The SMILES string of the molecule is CC(C)CS(=O)(=O)n1cc(-c2cnn(COCC[Si](C)(C)C)c2)c2cc(C#CC(C)(C)O)ncc21. The molecule has 10 heteroatoms. The smallest absolute Gasteiger partial charge is 0.239 e. The van der Waals surface area contributed by atoms with Crippen LogP contribution >= 0.6 is 0 Å². The van der Waals surface area contributed by atoms with E-state index >= 15 is 0 Å². The van der Waals surface area contributed by atoms with Crippen molar-refractivity contribution >= 4 is 29.0 Å². The number of nitrogens with zero attached hydrogens (tertiary/aromatic N) is 4. The van der Waals surface area contributed by atoms with Gasteiger partial charge in [0.05, 0.1) is 23.7 Å². The Morgan fingerprint density at radius 1 is 1.20 bits per heavy atom. The summed E-state index contributed by atoms with van der Waals surface area (Å²) in [5.74, 6) is 5.62. The first-order valence-electron chi connectivity index (χ1n) is 11.8. The predicted octanol–water partition coefficient (Wildman–Crippen LogP) is 4.17. The largest absolute Gasteiger partial charge is 0.378 e. The molecule has 190 valence electrons. The van der Waals surface area contributed by atoms with E-state index in [0.29, 0.717) is 29.9 Å². The third-order valence-corrected chi connectivity index (χ3v) is 8.85. The highest BCUT2D eigenvalue weighted by atomic mass is 32.2. The normalized spacial score (nSPS) is 12.8. The Morgan fingerprint density at radius 2 is 1.91 bits per heavy atom. The lowest BCUT2D eigenvalue weighted by atomic mass is 10.1. The van der Waals surface area contributed by atoms with Gasteiger partial charge in [-0.25, -0.2) is 22.1 Å². The molecule has 0 aliphatic carbocycles. The third-order valence-electron chi connectivity index (χ3n) is 5.16. The number of ether oxygens (including phenoxy) is 1. The Balaban J connectivity index is 2.02. The van der Waals surface area contributed by atoms with Gasteiger partial charge in [-0.1, -0.05) is 39.4 Å². The molecule has 35 heavy (non-hydrogen) atoms. The second-order valence-electron chi connectivity index (χ2n) is 11.0. The Morgan fingerprint density at radius 3 is 2.54 bits per heavy atom. The van der Waals surface area contributed by atoms with Crippen molar-refractivity contribution in [2.24, 2.45) is 5.92 Å². The van der Waals surface area contributed by atoms with Gasteiger partial charge in [-0.05, 0) is 37.8 Å². The summed E-state index contributed by atoms with van der Waals surface area (Å²) in [5, 5.41) is 15.1. The molecule has 3 aromatic rings. The summed E-state index contributed by atoms with van der Waals surface area (Å²) < 4.78 is 35.1. The molecule has 0 bridgehead atoms. The molecule has 0 amide bonds. The van der Waals surface area contributed by atoms with Crippen LogP contribution in [0.1, 0.15) is 33.4 Å². The fourth-order valence-corrected chi connectivity index (χ4v) is 5.92. The number of aromatic nitrogens is 4. The Labute approximate surface area is 209 Å². The molecular formula is C25H36N4O4SSi. The Hall–Kier alpha value is -2.45. The van der Waals surface area contributed by atoms with Crippen molar-refractivity contribution in [2.45, 2.75) is 65.7 Å². The molecule has 1 N–H and O–H groups in total. The molecule has 0 aliphatic heterocycles. The van der Waals surface area contributed by atoms with E-state index in [1.807, 2.05) is 20.0 Å². The van der Waals surface area contributed by atoms with Crippen molar-refractivity contribution in [3.8, 4) is 23.0 Å². The maximum absolute atomic E-state index is 13.1. The van der Waals surface area contributed by atoms with Gasteiger partial charge in [-0.2, -0.15) is 5.10 Å². The molecular weight excluding hydrogens is 480 g/mol. The summed E-state index contributed by atoms with van der Waals surface area (Å²) in [7, 11) is -4.77. The van der Waals surface area contributed by atoms with E-state index in [0.717, 1.165) is 17.2 Å². The minimum Gasteiger partial charge on any atom is -0.378 e. The Bertz CT molecular complexity index is 1350. The monoisotopic (exact) mass is 516 g/mol. The van der Waals surface area contributed by atoms with E-state index in [2.05, 4.69) is 41.6 Å². The van der Waals surface area contributed by atoms with Gasteiger partial charge in [0.15, 0.2) is 0 Å². The number of fused-ring (bicyclic) bond motifs is 1. The summed E-state index contributed by atoms with van der Waals surface area (Å²) in [6.45, 7) is 14.9. The van der Waals surface area contributed by atoms with Crippen molar-refractivity contribution in [1.82, 2.24) is 18.7 Å². The number of pyridine rings is 1. The van der Waals surface area contributed by atoms with E-state index in [1.54, 1.807) is 37.0 Å². The zero-order chi connectivity index (χ0) is 26.0. The molecule has 0 aromatic carbocycles. The number of hydrogen-bond donors (Lipinski definition) is 1. The molecule has 3 aromatic heterocycles. The molecule has 0 saturated carbocycles. The molecule has 3 heterocycles. The van der Waals surface area contributed by atoms with E-state index in [1.165, 1.54) is 10.2 Å². The van der Waals surface area contributed by atoms with Crippen LogP contribution < -0.4 is 0 Å². The lowest BCUT2D eigenvalue weighted by Crippen LogP contribution is -2.22. The van der Waals surface area contributed by atoms with Crippen molar-refractivity contribution in [2.75, 3.05) is 12.4 Å². The van der Waals surface area contributed by atoms with Crippen LogP contribution in [0.4, 0.5) is 0 Å². The first kappa shape index (κ1) is 27.1. The second kappa shape index (κ2) is 10.3. The van der Waals surface area contributed by atoms with Gasteiger partial charge in [0.1, 0.15) is 18.0 Å². The van der Waals surface area contributed by atoms with Gasteiger partial charge in [0.25, 0.3) is 0 Å². The number of hydrogen-bond acceptors (Lipinski definition) is 6. The second-order valence-corrected chi connectivity index (χ2v) is 18.5. The molecule has 3 rings (SSSR count). The quantitative estimate of drug-likeness (QED) is 0.260. The van der Waals surface area contributed by atoms with Crippen LogP contribution in [0, 0.1) is 17.8 Å². The summed E-state index contributed by atoms with van der Waals surface area (Å²) in [5.41, 5.74) is 1.25. The van der Waals surface area contributed by atoms with Crippen LogP contribution in [0.25, 0.3) is 22.0 Å². The molecule has 0 unspecified atom stereocenters. The van der Waals surface area contributed by atoms with Crippen LogP contribution in [-0.4, -0.2) is 58.3 Å². The lowest BCUT2D eigenvalue weighted by molar-refractivity contribution is 0.0786. The molecule has 0 spiro atoms. The fourth-order valence-electron chi connectivity index (χ4n) is 3.45. The van der Waals surface area contributed by atoms with Crippen molar-refractivity contribution < 1.29 is 18.3 Å². The highest BCUT2D eigenvalue weighted by Gasteiger charge is 2.22. The maximum atomic E-state index is 13.1. The zero-order valence-electron chi connectivity index (χ0n) is 21.7. The first-order valence-corrected chi connectivity index (χ1v) is 17.1. The lowest BCUT2D eigenvalue weighted by Gasteiger charge is -2.15. The summed E-state index contributed by atoms with van der Waals surface area (Å²) in [6.07, 6.45) is 6.71. The van der Waals surface area contributed by atoms with E-state index < -0.39 is 23.7 Å². The van der Waals surface area contributed by atoms with E-state index in [9.17, 15) is 13.5 Å². The zero-order valence-corrected chi connectivity index (χ0v) is 23.5. The van der Waals surface area contributed by atoms with Crippen molar-refractivity contribution in [3.63, 3.8) is 0 Å². The Kier molecular flexibility index (Phi) is 7.96. The highest BCUT2D eigenvalue weighted by Crippen LogP contribution is 2.32. The minimum absolute atomic E-state index is 0.0146. The van der Waals surface area contributed by atoms with Crippen LogP contribution in [0.2, 0.25) is 25.7 Å². The molecule has 0 fully saturated rings. The van der Waals surface area contributed by atoms with Crippen LogP contribution in [0.3, 0.4) is 0 Å². The van der Waals surface area contributed by atoms with Gasteiger partial charge < -0.3 is 9.84 Å². The van der Waals surface area contributed by atoms with Crippen molar-refractivity contribution in [1.29, 1.82) is 0 Å². The molecule has 0 atom stereocenters. The minimum atomic E-state index is -3.59. The fraction of sp³-hybridized carbons (Fsp3) is 0.520. The van der Waals surface area contributed by atoms with E-state index in [4.69, 9.17) is 4.74 Å². The van der Waals surface area contributed by atoms with Crippen LogP contribution in [0.5, 0.6) is 0 Å². The third kappa shape index (κ3) is 7.51. The van der Waals surface area contributed by atoms with Gasteiger partial charge in [-0.15, -0.1) is 0 Å². The van der Waals surface area contributed by atoms with Gasteiger partial charge in [0, 0.05) is 43.6 Å². The highest BCUT2D eigenvalue weighted by molar-refractivity contribution is 7.90. The molecule has 0 radical (unpaired) electrons. The van der Waals surface area contributed by atoms with Gasteiger partial charge >= 0.3 is 0 Å². The summed E-state index contributed by atoms with van der Waals surface area (Å²) in [4.78, 5) is 4.34.